The third-order valence-corrected chi connectivity index (χ3v) is 7.35. The van der Waals surface area contributed by atoms with E-state index in [-0.39, 0.29) is 17.7 Å². The second-order valence-corrected chi connectivity index (χ2v) is 9.76. The van der Waals surface area contributed by atoms with Crippen LogP contribution in [-0.2, 0) is 4.79 Å². The topological polar surface area (TPSA) is 68.8 Å². The minimum absolute atomic E-state index is 0.0853. The lowest BCUT2D eigenvalue weighted by Gasteiger charge is -2.30. The number of methoxy groups -OCH3 is 2. The van der Waals surface area contributed by atoms with Crippen molar-refractivity contribution in [2.24, 2.45) is 0 Å². The lowest BCUT2D eigenvalue weighted by molar-refractivity contribution is -0.116. The van der Waals surface area contributed by atoms with Crippen molar-refractivity contribution in [3.8, 4) is 17.2 Å². The minimum Gasteiger partial charge on any atom is -0.497 e. The predicted octanol–water partition coefficient (Wildman–Crippen LogP) is 6.84. The molecule has 0 saturated carbocycles. The Morgan fingerprint density at radius 1 is 0.944 bits per heavy atom. The number of carbonyl (C=O) groups excluding carboxylic acids is 1. The van der Waals surface area contributed by atoms with Gasteiger partial charge in [-0.3, -0.25) is 4.79 Å². The van der Waals surface area contributed by atoms with Crippen LogP contribution in [0.4, 0.5) is 11.4 Å². The summed E-state index contributed by atoms with van der Waals surface area (Å²) in [5.74, 6) is 2.29. The molecule has 0 spiro atoms. The standard InChI is InChI=1S/C29H29BrN2O4/c1-4-36-26-16-19(13-21(30)29(26)35-3)28-27-24(31-22-7-5-6-8-23(22)32-28)14-18(15-25(27)33)17-9-11-20(34-2)12-10-17/h5-13,16,18,28,31-32H,4,14-15H2,1-3H3/t18-,28+/m1/s1. The van der Waals surface area contributed by atoms with E-state index in [2.05, 4.69) is 38.7 Å². The van der Waals surface area contributed by atoms with Crippen LogP contribution in [0.3, 0.4) is 0 Å². The van der Waals surface area contributed by atoms with E-state index in [0.717, 1.165) is 50.4 Å². The van der Waals surface area contributed by atoms with Gasteiger partial charge in [0.2, 0.25) is 0 Å². The summed E-state index contributed by atoms with van der Waals surface area (Å²) in [7, 11) is 3.28. The zero-order valence-electron chi connectivity index (χ0n) is 20.6. The first-order chi connectivity index (χ1) is 17.5. The molecule has 0 amide bonds. The van der Waals surface area contributed by atoms with Crippen LogP contribution in [0.25, 0.3) is 0 Å². The Balaban J connectivity index is 1.61. The van der Waals surface area contributed by atoms with Gasteiger partial charge in [-0.05, 0) is 82.7 Å². The average molecular weight is 549 g/mol. The van der Waals surface area contributed by atoms with Gasteiger partial charge in [-0.25, -0.2) is 0 Å². The highest BCUT2D eigenvalue weighted by atomic mass is 79.9. The highest BCUT2D eigenvalue weighted by Gasteiger charge is 2.36. The van der Waals surface area contributed by atoms with E-state index in [1.54, 1.807) is 14.2 Å². The molecule has 3 aromatic carbocycles. The van der Waals surface area contributed by atoms with Crippen molar-refractivity contribution >= 4 is 33.1 Å². The van der Waals surface area contributed by atoms with Gasteiger partial charge in [0.15, 0.2) is 17.3 Å². The maximum Gasteiger partial charge on any atom is 0.174 e. The Bertz CT molecular complexity index is 1320. The molecule has 0 radical (unpaired) electrons. The van der Waals surface area contributed by atoms with Crippen LogP contribution in [0.15, 0.2) is 76.4 Å². The number of anilines is 2. The van der Waals surface area contributed by atoms with Gasteiger partial charge in [0.1, 0.15) is 5.75 Å². The SMILES string of the molecule is CCOc1cc([C@@H]2Nc3ccccc3NC3=C2C(=O)C[C@H](c2ccc(OC)cc2)C3)cc(Br)c1OC. The number of Topliss-reactive ketones (excluding diaryl/α,β-unsaturated/α-hetero) is 1. The molecule has 0 unspecified atom stereocenters. The number of para-hydroxylation sites is 2. The molecule has 186 valence electrons. The molecular weight excluding hydrogens is 520 g/mol. The molecular formula is C29H29BrN2O4. The summed E-state index contributed by atoms with van der Waals surface area (Å²) >= 11 is 3.64. The largest absolute Gasteiger partial charge is 0.497 e. The number of benzene rings is 3. The molecule has 1 heterocycles. The van der Waals surface area contributed by atoms with Crippen molar-refractivity contribution in [1.82, 2.24) is 0 Å². The van der Waals surface area contributed by atoms with E-state index >= 15 is 0 Å². The molecule has 2 N–H and O–H groups in total. The second-order valence-electron chi connectivity index (χ2n) is 8.91. The number of ether oxygens (including phenoxy) is 3. The summed E-state index contributed by atoms with van der Waals surface area (Å²) in [6, 6.07) is 19.7. The first kappa shape index (κ1) is 24.3. The van der Waals surface area contributed by atoms with Crippen LogP contribution >= 0.6 is 15.9 Å². The molecule has 5 rings (SSSR count). The molecule has 0 aromatic heterocycles. The van der Waals surface area contributed by atoms with E-state index in [1.165, 1.54) is 0 Å². The molecule has 7 heteroatoms. The number of carbonyl (C=O) groups is 1. The molecule has 36 heavy (non-hydrogen) atoms. The maximum absolute atomic E-state index is 13.8. The number of nitrogens with one attached hydrogen (secondary N) is 2. The highest BCUT2D eigenvalue weighted by molar-refractivity contribution is 9.10. The smallest absolute Gasteiger partial charge is 0.174 e. The fraction of sp³-hybridized carbons (Fsp3) is 0.276. The summed E-state index contributed by atoms with van der Waals surface area (Å²) in [5.41, 5.74) is 5.65. The fourth-order valence-corrected chi connectivity index (χ4v) is 5.69. The molecule has 0 saturated heterocycles. The van der Waals surface area contributed by atoms with Crippen LogP contribution in [-0.4, -0.2) is 26.6 Å². The van der Waals surface area contributed by atoms with Crippen molar-refractivity contribution in [2.75, 3.05) is 31.5 Å². The molecule has 1 aliphatic heterocycles. The van der Waals surface area contributed by atoms with E-state index in [0.29, 0.717) is 24.5 Å². The molecule has 1 aliphatic carbocycles. The van der Waals surface area contributed by atoms with Gasteiger partial charge in [-0.1, -0.05) is 24.3 Å². The van der Waals surface area contributed by atoms with Crippen molar-refractivity contribution < 1.29 is 19.0 Å². The third kappa shape index (κ3) is 4.55. The highest BCUT2D eigenvalue weighted by Crippen LogP contribution is 2.46. The van der Waals surface area contributed by atoms with Crippen LogP contribution in [0.1, 0.15) is 42.9 Å². The number of hydrogen-bond acceptors (Lipinski definition) is 6. The minimum atomic E-state index is -0.345. The third-order valence-electron chi connectivity index (χ3n) is 6.77. The summed E-state index contributed by atoms with van der Waals surface area (Å²) in [5, 5.41) is 7.23. The molecule has 0 fully saturated rings. The van der Waals surface area contributed by atoms with Gasteiger partial charge in [0, 0.05) is 17.7 Å². The van der Waals surface area contributed by atoms with Crippen LogP contribution in [0.2, 0.25) is 0 Å². The van der Waals surface area contributed by atoms with E-state index in [4.69, 9.17) is 14.2 Å². The Morgan fingerprint density at radius 3 is 2.39 bits per heavy atom. The summed E-state index contributed by atoms with van der Waals surface area (Å²) < 4.78 is 17.5. The van der Waals surface area contributed by atoms with E-state index in [1.807, 2.05) is 55.5 Å². The maximum atomic E-state index is 13.8. The van der Waals surface area contributed by atoms with Crippen LogP contribution in [0, 0.1) is 0 Å². The Morgan fingerprint density at radius 2 is 1.69 bits per heavy atom. The van der Waals surface area contributed by atoms with Crippen molar-refractivity contribution in [3.63, 3.8) is 0 Å². The monoisotopic (exact) mass is 548 g/mol. The molecule has 3 aromatic rings. The van der Waals surface area contributed by atoms with Crippen molar-refractivity contribution in [1.29, 1.82) is 0 Å². The predicted molar refractivity (Wildman–Crippen MR) is 145 cm³/mol. The van der Waals surface area contributed by atoms with E-state index in [9.17, 15) is 4.79 Å². The number of ketones is 1. The Hall–Kier alpha value is -3.45. The lowest BCUT2D eigenvalue weighted by Crippen LogP contribution is -2.27. The Labute approximate surface area is 219 Å². The van der Waals surface area contributed by atoms with Gasteiger partial charge in [0.25, 0.3) is 0 Å². The first-order valence-electron chi connectivity index (χ1n) is 12.0. The van der Waals surface area contributed by atoms with Gasteiger partial charge in [-0.2, -0.15) is 0 Å². The van der Waals surface area contributed by atoms with Gasteiger partial charge in [-0.15, -0.1) is 0 Å². The number of rotatable bonds is 6. The number of allylic oxidation sites excluding steroid dienone is 1. The number of hydrogen-bond donors (Lipinski definition) is 2. The molecule has 2 atom stereocenters. The first-order valence-corrected chi connectivity index (χ1v) is 12.8. The van der Waals surface area contributed by atoms with E-state index < -0.39 is 0 Å². The van der Waals surface area contributed by atoms with Crippen LogP contribution in [0.5, 0.6) is 17.2 Å². The Kier molecular flexibility index (Phi) is 6.92. The lowest BCUT2D eigenvalue weighted by atomic mass is 9.78. The average Bonchev–Trinajstić information content (AvgIpc) is 3.06. The molecule has 0 bridgehead atoms. The summed E-state index contributed by atoms with van der Waals surface area (Å²) in [6.07, 6.45) is 1.17. The molecule has 6 nitrogen and oxygen atoms in total. The quantitative estimate of drug-likeness (QED) is 0.351. The van der Waals surface area contributed by atoms with Gasteiger partial charge < -0.3 is 24.8 Å². The molecule has 2 aliphatic rings. The second kappa shape index (κ2) is 10.3. The normalized spacial score (nSPS) is 18.8. The van der Waals surface area contributed by atoms with Crippen molar-refractivity contribution in [3.05, 3.63) is 87.5 Å². The van der Waals surface area contributed by atoms with Gasteiger partial charge >= 0.3 is 0 Å². The zero-order valence-corrected chi connectivity index (χ0v) is 22.1. The van der Waals surface area contributed by atoms with Crippen molar-refractivity contribution in [2.45, 2.75) is 31.7 Å². The number of fused-ring (bicyclic) bond motifs is 1. The fourth-order valence-electron chi connectivity index (χ4n) is 5.07. The summed E-state index contributed by atoms with van der Waals surface area (Å²) in [4.78, 5) is 13.8. The number of halogens is 1. The zero-order chi connectivity index (χ0) is 25.2. The summed E-state index contributed by atoms with van der Waals surface area (Å²) in [6.45, 7) is 2.44. The van der Waals surface area contributed by atoms with Crippen LogP contribution < -0.4 is 24.8 Å². The van der Waals surface area contributed by atoms with Gasteiger partial charge in [0.05, 0.1) is 42.7 Å².